The molecule has 1 aliphatic heterocycles. The number of aromatic nitrogens is 1. The zero-order chi connectivity index (χ0) is 22.3. The van der Waals surface area contributed by atoms with Gasteiger partial charge in [0.2, 0.25) is 0 Å². The van der Waals surface area contributed by atoms with Gasteiger partial charge in [0, 0.05) is 16.7 Å². The van der Waals surface area contributed by atoms with Crippen LogP contribution >= 0.6 is 11.6 Å². The quantitative estimate of drug-likeness (QED) is 0.364. The lowest BCUT2D eigenvalue weighted by Crippen LogP contribution is -2.29. The lowest BCUT2D eigenvalue weighted by Gasteiger charge is -2.23. The van der Waals surface area contributed by atoms with Gasteiger partial charge in [-0.15, -0.1) is 0 Å². The van der Waals surface area contributed by atoms with Crippen molar-refractivity contribution < 1.29 is 24.0 Å². The molecule has 1 fully saturated rings. The second-order valence-corrected chi connectivity index (χ2v) is 7.64. The van der Waals surface area contributed by atoms with Crippen molar-refractivity contribution >= 4 is 34.9 Å². The zero-order valence-electron chi connectivity index (χ0n) is 17.0. The molecule has 1 saturated heterocycles. The van der Waals surface area contributed by atoms with Crippen LogP contribution in [0.1, 0.15) is 28.5 Å². The molecule has 7 nitrogen and oxygen atoms in total. The van der Waals surface area contributed by atoms with Gasteiger partial charge in [0.25, 0.3) is 5.78 Å². The summed E-state index contributed by atoms with van der Waals surface area (Å²) in [6.07, 6.45) is 0. The highest BCUT2D eigenvalue weighted by molar-refractivity contribution is 6.51. The Bertz CT molecular complexity index is 1210. The summed E-state index contributed by atoms with van der Waals surface area (Å²) in [5, 5.41) is 15.5. The first kappa shape index (κ1) is 20.7. The number of ether oxygens (including phenoxy) is 1. The van der Waals surface area contributed by atoms with Crippen LogP contribution in [0.2, 0.25) is 5.02 Å². The van der Waals surface area contributed by atoms with E-state index in [2.05, 4.69) is 5.16 Å². The number of anilines is 1. The highest BCUT2D eigenvalue weighted by Crippen LogP contribution is 2.42. The number of Topliss-reactive ketones (excluding diaryl/α,β-unsaturated/α-hetero) is 1. The van der Waals surface area contributed by atoms with E-state index < -0.39 is 17.7 Å². The molecule has 1 amide bonds. The molecule has 31 heavy (non-hydrogen) atoms. The lowest BCUT2D eigenvalue weighted by molar-refractivity contribution is -0.132. The van der Waals surface area contributed by atoms with Crippen LogP contribution in [0.3, 0.4) is 0 Å². The molecule has 0 unspecified atom stereocenters. The summed E-state index contributed by atoms with van der Waals surface area (Å²) in [5.41, 5.74) is 1.72. The fraction of sp³-hybridized carbons (Fsp3) is 0.174. The Morgan fingerprint density at radius 1 is 1.13 bits per heavy atom. The number of ketones is 1. The van der Waals surface area contributed by atoms with E-state index in [1.54, 1.807) is 62.6 Å². The van der Waals surface area contributed by atoms with Crippen LogP contribution in [0.5, 0.6) is 5.75 Å². The first-order chi connectivity index (χ1) is 14.8. The molecule has 8 heteroatoms. The maximum absolute atomic E-state index is 13.1. The van der Waals surface area contributed by atoms with Crippen molar-refractivity contribution in [1.29, 1.82) is 0 Å². The monoisotopic (exact) mass is 438 g/mol. The fourth-order valence-corrected chi connectivity index (χ4v) is 3.80. The van der Waals surface area contributed by atoms with Gasteiger partial charge in [0.05, 0.1) is 18.7 Å². The number of amides is 1. The van der Waals surface area contributed by atoms with E-state index in [1.807, 2.05) is 6.92 Å². The number of aryl methyl sites for hydroxylation is 2. The Kier molecular flexibility index (Phi) is 5.29. The Balaban J connectivity index is 1.93. The summed E-state index contributed by atoms with van der Waals surface area (Å²) in [5.74, 6) is -0.593. The molecule has 0 bridgehead atoms. The highest BCUT2D eigenvalue weighted by Gasteiger charge is 2.48. The standard InChI is InChI=1S/C23H19ClN2O5/c1-12-10-15(6-9-17(12)30-3)21(27)19-20(14-4-7-16(24)8-5-14)26(23(29)22(19)28)18-11-13(2)31-25-18/h4-11,20,27H,1-3H3/b21-19+/t20-/m1/s1. The normalized spacial score (nSPS) is 17.9. The first-order valence-corrected chi connectivity index (χ1v) is 9.84. The summed E-state index contributed by atoms with van der Waals surface area (Å²) in [4.78, 5) is 27.3. The smallest absolute Gasteiger partial charge is 0.301 e. The number of benzene rings is 2. The number of halogens is 1. The van der Waals surface area contributed by atoms with Gasteiger partial charge in [0.15, 0.2) is 5.82 Å². The van der Waals surface area contributed by atoms with E-state index in [9.17, 15) is 14.7 Å². The number of carbonyl (C=O) groups is 2. The van der Waals surface area contributed by atoms with Crippen LogP contribution < -0.4 is 9.64 Å². The molecule has 2 aromatic carbocycles. The largest absolute Gasteiger partial charge is 0.507 e. The maximum Gasteiger partial charge on any atom is 0.301 e. The van der Waals surface area contributed by atoms with Crippen LogP contribution in [0.15, 0.2) is 58.6 Å². The average molecular weight is 439 g/mol. The summed E-state index contributed by atoms with van der Waals surface area (Å²) >= 11 is 6.03. The lowest BCUT2D eigenvalue weighted by atomic mass is 9.95. The molecule has 3 aromatic rings. The minimum atomic E-state index is -0.899. The van der Waals surface area contributed by atoms with Crippen LogP contribution in [0.4, 0.5) is 5.82 Å². The van der Waals surface area contributed by atoms with Crippen LogP contribution in [0, 0.1) is 13.8 Å². The number of hydrogen-bond donors (Lipinski definition) is 1. The summed E-state index contributed by atoms with van der Waals surface area (Å²) in [6.45, 7) is 3.51. The number of aliphatic hydroxyl groups is 1. The molecular weight excluding hydrogens is 420 g/mol. The Morgan fingerprint density at radius 2 is 1.84 bits per heavy atom. The van der Waals surface area contributed by atoms with Gasteiger partial charge in [-0.3, -0.25) is 14.5 Å². The number of nitrogens with zero attached hydrogens (tertiary/aromatic N) is 2. The Hall–Kier alpha value is -3.58. The van der Waals surface area contributed by atoms with E-state index in [4.69, 9.17) is 20.9 Å². The second-order valence-electron chi connectivity index (χ2n) is 7.20. The van der Waals surface area contributed by atoms with Crippen molar-refractivity contribution in [3.8, 4) is 5.75 Å². The second kappa shape index (κ2) is 7.92. The van der Waals surface area contributed by atoms with Gasteiger partial charge in [-0.25, -0.2) is 0 Å². The third-order valence-electron chi connectivity index (χ3n) is 5.16. The SMILES string of the molecule is COc1ccc(/C(O)=C2\C(=O)C(=O)N(c3cc(C)on3)[C@@H]2c2ccc(Cl)cc2)cc1C. The van der Waals surface area contributed by atoms with Crippen molar-refractivity contribution in [2.75, 3.05) is 12.0 Å². The third-order valence-corrected chi connectivity index (χ3v) is 5.41. The molecule has 158 valence electrons. The highest BCUT2D eigenvalue weighted by atomic mass is 35.5. The van der Waals surface area contributed by atoms with Crippen LogP contribution in [-0.2, 0) is 9.59 Å². The predicted molar refractivity (Wildman–Crippen MR) is 115 cm³/mol. The van der Waals surface area contributed by atoms with E-state index in [-0.39, 0.29) is 17.2 Å². The molecule has 4 rings (SSSR count). The summed E-state index contributed by atoms with van der Waals surface area (Å²) in [7, 11) is 1.55. The molecule has 0 saturated carbocycles. The molecule has 1 atom stereocenters. The molecular formula is C23H19ClN2O5. The molecule has 1 aliphatic rings. The minimum Gasteiger partial charge on any atom is -0.507 e. The Morgan fingerprint density at radius 3 is 2.42 bits per heavy atom. The van der Waals surface area contributed by atoms with E-state index in [0.29, 0.717) is 27.7 Å². The van der Waals surface area contributed by atoms with Crippen molar-refractivity contribution in [3.63, 3.8) is 0 Å². The van der Waals surface area contributed by atoms with Crippen LogP contribution in [-0.4, -0.2) is 29.1 Å². The molecule has 2 heterocycles. The topological polar surface area (TPSA) is 92.9 Å². The molecule has 0 spiro atoms. The Labute approximate surface area is 183 Å². The van der Waals surface area contributed by atoms with E-state index >= 15 is 0 Å². The van der Waals surface area contributed by atoms with Crippen molar-refractivity contribution in [2.24, 2.45) is 0 Å². The van der Waals surface area contributed by atoms with Gasteiger partial charge in [0.1, 0.15) is 17.3 Å². The minimum absolute atomic E-state index is 0.0439. The third kappa shape index (κ3) is 3.57. The molecule has 1 N–H and O–H groups in total. The number of hydrogen-bond acceptors (Lipinski definition) is 6. The molecule has 0 aliphatic carbocycles. The summed E-state index contributed by atoms with van der Waals surface area (Å²) in [6, 6.07) is 12.4. The number of rotatable bonds is 4. The van der Waals surface area contributed by atoms with E-state index in [1.165, 1.54) is 4.90 Å². The van der Waals surface area contributed by atoms with Gasteiger partial charge in [-0.2, -0.15) is 0 Å². The number of carbonyl (C=O) groups excluding carboxylic acids is 2. The zero-order valence-corrected chi connectivity index (χ0v) is 17.8. The molecule has 1 aromatic heterocycles. The van der Waals surface area contributed by atoms with Crippen molar-refractivity contribution in [1.82, 2.24) is 5.16 Å². The van der Waals surface area contributed by atoms with Gasteiger partial charge in [-0.1, -0.05) is 28.9 Å². The van der Waals surface area contributed by atoms with Gasteiger partial charge < -0.3 is 14.4 Å². The summed E-state index contributed by atoms with van der Waals surface area (Å²) < 4.78 is 10.4. The van der Waals surface area contributed by atoms with Crippen molar-refractivity contribution in [3.05, 3.63) is 81.6 Å². The van der Waals surface area contributed by atoms with Crippen molar-refractivity contribution in [2.45, 2.75) is 19.9 Å². The molecule has 0 radical (unpaired) electrons. The number of aliphatic hydroxyl groups excluding tert-OH is 1. The fourth-order valence-electron chi connectivity index (χ4n) is 3.68. The first-order valence-electron chi connectivity index (χ1n) is 9.46. The average Bonchev–Trinajstić information content (AvgIpc) is 3.29. The van der Waals surface area contributed by atoms with Gasteiger partial charge >= 0.3 is 5.91 Å². The predicted octanol–water partition coefficient (Wildman–Crippen LogP) is 4.58. The van der Waals surface area contributed by atoms with E-state index in [0.717, 1.165) is 5.56 Å². The maximum atomic E-state index is 13.1. The number of methoxy groups -OCH3 is 1. The van der Waals surface area contributed by atoms with Crippen LogP contribution in [0.25, 0.3) is 5.76 Å². The van der Waals surface area contributed by atoms with Gasteiger partial charge in [-0.05, 0) is 55.3 Å².